The number of carbonyl (C=O) groups is 2. The lowest BCUT2D eigenvalue weighted by atomic mass is 10.1. The molecule has 0 saturated heterocycles. The molecule has 0 N–H and O–H groups in total. The van der Waals surface area contributed by atoms with E-state index >= 15 is 0 Å². The maximum absolute atomic E-state index is 13.6. The van der Waals surface area contributed by atoms with Crippen molar-refractivity contribution in [2.75, 3.05) is 29.9 Å². The molecule has 1 aliphatic rings. The number of para-hydroxylation sites is 2. The topological polar surface area (TPSA) is 72.0 Å². The standard InChI is InChI=1S/C37H25Cl4N3O4S3/c1-47-33-23(38)14-21(15-24(33)39)35(45)44-19-49-32-13-20(11-12-29(32)44)18-43(37-42-27-7-3-5-9-30(27)51-37)28-8-4-6-10-31(28)50-36(46)22-16-25(40)34(48-2)26(41)17-22/h3-17H,18-19H2,1-2H3. The predicted octanol–water partition coefficient (Wildman–Crippen LogP) is 11.9. The Balaban J connectivity index is 1.21. The molecule has 0 aliphatic carbocycles. The Labute approximate surface area is 326 Å². The van der Waals surface area contributed by atoms with Gasteiger partial charge in [0.15, 0.2) is 16.6 Å². The van der Waals surface area contributed by atoms with Gasteiger partial charge in [-0.05, 0) is 78.0 Å². The van der Waals surface area contributed by atoms with Crippen molar-refractivity contribution in [1.29, 1.82) is 0 Å². The highest BCUT2D eigenvalue weighted by Crippen LogP contribution is 2.44. The molecule has 6 aromatic rings. The zero-order valence-electron chi connectivity index (χ0n) is 26.8. The molecule has 0 spiro atoms. The molecule has 0 radical (unpaired) electrons. The number of nitrogens with zero attached hydrogens (tertiary/aromatic N) is 3. The van der Waals surface area contributed by atoms with Crippen LogP contribution >= 0.6 is 81.3 Å². The van der Waals surface area contributed by atoms with E-state index in [1.807, 2.05) is 60.7 Å². The minimum absolute atomic E-state index is 0.216. The number of halogens is 4. The van der Waals surface area contributed by atoms with E-state index in [0.29, 0.717) is 35.0 Å². The van der Waals surface area contributed by atoms with E-state index in [0.717, 1.165) is 53.8 Å². The summed E-state index contributed by atoms with van der Waals surface area (Å²) in [4.78, 5) is 37.7. The molecule has 0 unspecified atom stereocenters. The monoisotopic (exact) mass is 811 g/mol. The van der Waals surface area contributed by atoms with Crippen molar-refractivity contribution in [2.45, 2.75) is 16.3 Å². The zero-order chi connectivity index (χ0) is 35.8. The lowest BCUT2D eigenvalue weighted by molar-refractivity contribution is 0.0991. The van der Waals surface area contributed by atoms with Crippen LogP contribution in [0, 0.1) is 0 Å². The first-order valence-electron chi connectivity index (χ1n) is 15.2. The van der Waals surface area contributed by atoms with Gasteiger partial charge in [0.2, 0.25) is 5.12 Å². The van der Waals surface area contributed by atoms with Crippen LogP contribution in [0.2, 0.25) is 20.1 Å². The number of carbonyl (C=O) groups excluding carboxylic acids is 2. The Morgan fingerprint density at radius 2 is 1.45 bits per heavy atom. The molecule has 2 heterocycles. The molecule has 0 atom stereocenters. The Morgan fingerprint density at radius 1 is 0.824 bits per heavy atom. The Bertz CT molecular complexity index is 2260. The van der Waals surface area contributed by atoms with E-state index in [2.05, 4.69) is 11.0 Å². The van der Waals surface area contributed by atoms with E-state index < -0.39 is 0 Å². The maximum atomic E-state index is 13.6. The number of ether oxygens (including phenoxy) is 2. The number of hydrogen-bond acceptors (Lipinski definition) is 9. The van der Waals surface area contributed by atoms with Crippen molar-refractivity contribution < 1.29 is 19.1 Å². The van der Waals surface area contributed by atoms with Gasteiger partial charge in [-0.15, -0.1) is 11.8 Å². The molecule has 5 aromatic carbocycles. The van der Waals surface area contributed by atoms with Crippen LogP contribution in [0.4, 0.5) is 16.5 Å². The summed E-state index contributed by atoms with van der Waals surface area (Å²) < 4.78 is 11.6. The highest BCUT2D eigenvalue weighted by Gasteiger charge is 2.29. The fraction of sp³-hybridized carbons (Fsp3) is 0.108. The van der Waals surface area contributed by atoms with Crippen LogP contribution in [0.25, 0.3) is 10.2 Å². The molecule has 0 fully saturated rings. The van der Waals surface area contributed by atoms with Gasteiger partial charge in [0.25, 0.3) is 5.91 Å². The number of fused-ring (bicyclic) bond motifs is 2. The minimum Gasteiger partial charge on any atom is -0.494 e. The van der Waals surface area contributed by atoms with E-state index in [-0.39, 0.29) is 31.1 Å². The fourth-order valence-electron chi connectivity index (χ4n) is 5.61. The van der Waals surface area contributed by atoms with Gasteiger partial charge in [0.05, 0.1) is 68.3 Å². The first-order valence-corrected chi connectivity index (χ1v) is 19.4. The van der Waals surface area contributed by atoms with E-state index in [4.69, 9.17) is 60.9 Å². The zero-order valence-corrected chi connectivity index (χ0v) is 32.3. The van der Waals surface area contributed by atoms with Gasteiger partial charge in [-0.25, -0.2) is 4.98 Å². The van der Waals surface area contributed by atoms with Crippen LogP contribution in [0.15, 0.2) is 101 Å². The molecule has 1 aliphatic heterocycles. The van der Waals surface area contributed by atoms with Crippen molar-refractivity contribution in [1.82, 2.24) is 4.98 Å². The molecule has 7 nitrogen and oxygen atoms in total. The molecule has 1 amide bonds. The summed E-state index contributed by atoms with van der Waals surface area (Å²) in [5, 5.41) is 1.58. The summed E-state index contributed by atoms with van der Waals surface area (Å²) in [6.07, 6.45) is 0. The molecule has 51 heavy (non-hydrogen) atoms. The number of thioether (sulfide) groups is 2. The van der Waals surface area contributed by atoms with Crippen molar-refractivity contribution in [3.63, 3.8) is 0 Å². The lowest BCUT2D eigenvalue weighted by Gasteiger charge is -2.25. The second-order valence-electron chi connectivity index (χ2n) is 11.2. The van der Waals surface area contributed by atoms with Crippen molar-refractivity contribution in [2.24, 2.45) is 0 Å². The third kappa shape index (κ3) is 7.24. The van der Waals surface area contributed by atoms with E-state index in [1.54, 1.807) is 52.3 Å². The number of benzene rings is 5. The number of methoxy groups -OCH3 is 2. The van der Waals surface area contributed by atoms with Crippen LogP contribution in [0.1, 0.15) is 26.3 Å². The van der Waals surface area contributed by atoms with Crippen LogP contribution in [0.3, 0.4) is 0 Å². The highest BCUT2D eigenvalue weighted by molar-refractivity contribution is 8.14. The average molecular weight is 814 g/mol. The van der Waals surface area contributed by atoms with Gasteiger partial charge in [-0.1, -0.05) is 88.1 Å². The second kappa shape index (κ2) is 15.2. The first kappa shape index (κ1) is 35.8. The van der Waals surface area contributed by atoms with Gasteiger partial charge in [0.1, 0.15) is 0 Å². The summed E-state index contributed by atoms with van der Waals surface area (Å²) in [5.41, 5.74) is 4.19. The van der Waals surface area contributed by atoms with Crippen LogP contribution in [-0.2, 0) is 6.54 Å². The average Bonchev–Trinajstić information content (AvgIpc) is 3.74. The summed E-state index contributed by atoms with van der Waals surface area (Å²) in [7, 11) is 2.95. The number of amides is 1. The normalized spacial score (nSPS) is 12.2. The molecular formula is C37H25Cl4N3O4S3. The van der Waals surface area contributed by atoms with Crippen LogP contribution in [0.5, 0.6) is 11.5 Å². The molecule has 258 valence electrons. The second-order valence-corrected chi connectivity index (χ2v) is 15.8. The maximum Gasteiger partial charge on any atom is 0.259 e. The highest BCUT2D eigenvalue weighted by atomic mass is 35.5. The predicted molar refractivity (Wildman–Crippen MR) is 212 cm³/mol. The van der Waals surface area contributed by atoms with Crippen LogP contribution in [-0.4, -0.2) is 36.1 Å². The smallest absolute Gasteiger partial charge is 0.259 e. The van der Waals surface area contributed by atoms with E-state index in [9.17, 15) is 9.59 Å². The Hall–Kier alpha value is -3.61. The molecule has 1 aromatic heterocycles. The van der Waals surface area contributed by atoms with Gasteiger partial charge in [0, 0.05) is 20.9 Å². The van der Waals surface area contributed by atoms with Gasteiger partial charge in [-0.2, -0.15) is 0 Å². The number of aromatic nitrogens is 1. The molecule has 7 rings (SSSR count). The van der Waals surface area contributed by atoms with Gasteiger partial charge < -0.3 is 14.4 Å². The summed E-state index contributed by atoms with van der Waals surface area (Å²) in [6, 6.07) is 28.0. The van der Waals surface area contributed by atoms with E-state index in [1.165, 1.54) is 14.2 Å². The Morgan fingerprint density at radius 3 is 2.12 bits per heavy atom. The van der Waals surface area contributed by atoms with Crippen molar-refractivity contribution >= 4 is 119 Å². The third-order valence-corrected chi connectivity index (χ3v) is 12.2. The van der Waals surface area contributed by atoms with Gasteiger partial charge >= 0.3 is 0 Å². The summed E-state index contributed by atoms with van der Waals surface area (Å²) in [5.74, 6) is 0.859. The number of rotatable bonds is 9. The quantitative estimate of drug-likeness (QED) is 0.134. The molecular weight excluding hydrogens is 788 g/mol. The largest absolute Gasteiger partial charge is 0.494 e. The van der Waals surface area contributed by atoms with Crippen molar-refractivity contribution in [3.8, 4) is 11.5 Å². The molecule has 14 heteroatoms. The SMILES string of the molecule is COc1c(Cl)cc(C(=O)Sc2ccccc2N(Cc2ccc3c(c2)SCN3C(=O)c2cc(Cl)c(OC)c(Cl)c2)c2nc3ccccc3s2)cc1Cl. The fourth-order valence-corrected chi connectivity index (χ4v) is 9.82. The summed E-state index contributed by atoms with van der Waals surface area (Å²) in [6.45, 7) is 0.442. The summed E-state index contributed by atoms with van der Waals surface area (Å²) >= 11 is 29.6. The number of thiazole rings is 1. The minimum atomic E-state index is -0.226. The number of anilines is 3. The number of hydrogen-bond donors (Lipinski definition) is 0. The van der Waals surface area contributed by atoms with Gasteiger partial charge in [-0.3, -0.25) is 14.5 Å². The first-order chi connectivity index (χ1) is 24.6. The molecule has 0 saturated carbocycles. The third-order valence-electron chi connectivity index (χ3n) is 8.01. The Kier molecular flexibility index (Phi) is 10.6. The lowest BCUT2D eigenvalue weighted by Crippen LogP contribution is -2.28. The van der Waals surface area contributed by atoms with Crippen LogP contribution < -0.4 is 19.3 Å². The molecule has 0 bridgehead atoms. The van der Waals surface area contributed by atoms with Crippen molar-refractivity contribution in [3.05, 3.63) is 128 Å².